The summed E-state index contributed by atoms with van der Waals surface area (Å²) < 4.78 is 0. The van der Waals surface area contributed by atoms with Gasteiger partial charge in [-0.05, 0) is 24.5 Å². The lowest BCUT2D eigenvalue weighted by Crippen LogP contribution is -2.25. The molecule has 0 radical (unpaired) electrons. The number of carbonyl (C=O) groups excluding carboxylic acids is 1. The van der Waals surface area contributed by atoms with E-state index in [9.17, 15) is 4.79 Å². The molecule has 0 bridgehead atoms. The first kappa shape index (κ1) is 14.5. The molecule has 0 saturated heterocycles. The summed E-state index contributed by atoms with van der Waals surface area (Å²) in [6.07, 6.45) is 6.26. The molecular weight excluding hydrogens is 283 g/mol. The average molecular weight is 301 g/mol. The molecule has 1 aromatic carbocycles. The maximum atomic E-state index is 12.0. The third-order valence-electron chi connectivity index (χ3n) is 3.63. The standard InChI is InChI=1S/C14H18Cl2N2O/c15-11-7-10(8-12(17)13(11)16)14(19)18-6-5-9-3-1-2-4-9/h7-9H,1-6,17H2,(H,18,19). The third-order valence-corrected chi connectivity index (χ3v) is 4.45. The van der Waals surface area contributed by atoms with Crippen LogP contribution in [0.2, 0.25) is 10.0 Å². The second-order valence-corrected chi connectivity index (χ2v) is 5.84. The van der Waals surface area contributed by atoms with E-state index in [0.717, 1.165) is 12.3 Å². The smallest absolute Gasteiger partial charge is 0.251 e. The number of rotatable bonds is 4. The van der Waals surface area contributed by atoms with Crippen molar-refractivity contribution < 1.29 is 4.79 Å². The van der Waals surface area contributed by atoms with Crippen LogP contribution in [0.4, 0.5) is 5.69 Å². The van der Waals surface area contributed by atoms with Crippen molar-refractivity contribution in [2.45, 2.75) is 32.1 Å². The second kappa shape index (κ2) is 6.49. The van der Waals surface area contributed by atoms with Crippen molar-refractivity contribution in [3.63, 3.8) is 0 Å². The molecule has 3 nitrogen and oxygen atoms in total. The number of carbonyl (C=O) groups is 1. The molecule has 3 N–H and O–H groups in total. The zero-order valence-corrected chi connectivity index (χ0v) is 12.2. The molecular formula is C14H18Cl2N2O. The van der Waals surface area contributed by atoms with E-state index in [-0.39, 0.29) is 5.91 Å². The Morgan fingerprint density at radius 1 is 1.32 bits per heavy atom. The van der Waals surface area contributed by atoms with E-state index in [2.05, 4.69) is 5.32 Å². The summed E-state index contributed by atoms with van der Waals surface area (Å²) in [5.74, 6) is 0.613. The van der Waals surface area contributed by atoms with Gasteiger partial charge in [0.25, 0.3) is 5.91 Å². The fourth-order valence-electron chi connectivity index (χ4n) is 2.53. The molecule has 0 aromatic heterocycles. The van der Waals surface area contributed by atoms with Crippen LogP contribution in [0.25, 0.3) is 0 Å². The van der Waals surface area contributed by atoms with Gasteiger partial charge in [0.2, 0.25) is 0 Å². The van der Waals surface area contributed by atoms with Crippen molar-refractivity contribution in [3.8, 4) is 0 Å². The number of amides is 1. The van der Waals surface area contributed by atoms with E-state index in [0.29, 0.717) is 27.8 Å². The Balaban J connectivity index is 1.88. The first-order valence-electron chi connectivity index (χ1n) is 6.60. The zero-order chi connectivity index (χ0) is 13.8. The lowest BCUT2D eigenvalue weighted by Gasteiger charge is -2.11. The summed E-state index contributed by atoms with van der Waals surface area (Å²) in [6, 6.07) is 3.10. The van der Waals surface area contributed by atoms with Gasteiger partial charge in [-0.2, -0.15) is 0 Å². The number of hydrogen-bond donors (Lipinski definition) is 2. The molecule has 0 heterocycles. The molecule has 0 spiro atoms. The lowest BCUT2D eigenvalue weighted by atomic mass is 10.0. The highest BCUT2D eigenvalue weighted by Gasteiger charge is 2.15. The SMILES string of the molecule is Nc1cc(C(=O)NCCC2CCCC2)cc(Cl)c1Cl. The van der Waals surface area contributed by atoms with Gasteiger partial charge in [-0.3, -0.25) is 4.79 Å². The molecule has 0 aliphatic heterocycles. The van der Waals surface area contributed by atoms with Crippen LogP contribution in [0.1, 0.15) is 42.5 Å². The summed E-state index contributed by atoms with van der Waals surface area (Å²) in [5.41, 5.74) is 6.48. The summed E-state index contributed by atoms with van der Waals surface area (Å²) in [6.45, 7) is 0.698. The first-order valence-corrected chi connectivity index (χ1v) is 7.36. The molecule has 1 amide bonds. The molecule has 1 aromatic rings. The molecule has 1 aliphatic carbocycles. The van der Waals surface area contributed by atoms with Crippen molar-refractivity contribution in [2.24, 2.45) is 5.92 Å². The van der Waals surface area contributed by atoms with Gasteiger partial charge in [-0.1, -0.05) is 48.9 Å². The summed E-state index contributed by atoms with van der Waals surface area (Å²) in [5, 5.41) is 3.51. The van der Waals surface area contributed by atoms with Crippen molar-refractivity contribution in [3.05, 3.63) is 27.7 Å². The van der Waals surface area contributed by atoms with E-state index < -0.39 is 0 Å². The van der Waals surface area contributed by atoms with E-state index >= 15 is 0 Å². The highest BCUT2D eigenvalue weighted by Crippen LogP contribution is 2.29. The Hall–Kier alpha value is -0.930. The van der Waals surface area contributed by atoms with Crippen molar-refractivity contribution in [1.29, 1.82) is 0 Å². The number of hydrogen-bond acceptors (Lipinski definition) is 2. The van der Waals surface area contributed by atoms with Crippen LogP contribution in [0.15, 0.2) is 12.1 Å². The summed E-state index contributed by atoms with van der Waals surface area (Å²) in [4.78, 5) is 12.0. The van der Waals surface area contributed by atoms with Gasteiger partial charge in [-0.25, -0.2) is 0 Å². The highest BCUT2D eigenvalue weighted by molar-refractivity contribution is 6.43. The van der Waals surface area contributed by atoms with E-state index in [1.807, 2.05) is 0 Å². The monoisotopic (exact) mass is 300 g/mol. The van der Waals surface area contributed by atoms with Crippen LogP contribution in [0, 0.1) is 5.92 Å². The Labute approximate surface area is 123 Å². The lowest BCUT2D eigenvalue weighted by molar-refractivity contribution is 0.0951. The number of halogens is 2. The largest absolute Gasteiger partial charge is 0.397 e. The van der Waals surface area contributed by atoms with Crippen LogP contribution >= 0.6 is 23.2 Å². The van der Waals surface area contributed by atoms with Crippen molar-refractivity contribution >= 4 is 34.8 Å². The topological polar surface area (TPSA) is 55.1 Å². The Kier molecular flexibility index (Phi) is 4.94. The van der Waals surface area contributed by atoms with E-state index in [1.165, 1.54) is 25.7 Å². The van der Waals surface area contributed by atoms with Crippen LogP contribution in [0.3, 0.4) is 0 Å². The minimum absolute atomic E-state index is 0.150. The minimum Gasteiger partial charge on any atom is -0.397 e. The number of nitrogens with one attached hydrogen (secondary N) is 1. The average Bonchev–Trinajstić information content (AvgIpc) is 2.88. The zero-order valence-electron chi connectivity index (χ0n) is 10.7. The third kappa shape index (κ3) is 3.77. The predicted octanol–water partition coefficient (Wildman–Crippen LogP) is 3.89. The maximum Gasteiger partial charge on any atom is 0.251 e. The van der Waals surface area contributed by atoms with Gasteiger partial charge in [0.1, 0.15) is 0 Å². The quantitative estimate of drug-likeness (QED) is 0.829. The molecule has 1 fully saturated rings. The number of nitrogen functional groups attached to an aromatic ring is 1. The van der Waals surface area contributed by atoms with Crippen LogP contribution in [-0.2, 0) is 0 Å². The van der Waals surface area contributed by atoms with Crippen LogP contribution in [-0.4, -0.2) is 12.5 Å². The van der Waals surface area contributed by atoms with Gasteiger partial charge in [0, 0.05) is 12.1 Å². The van der Waals surface area contributed by atoms with Gasteiger partial charge in [0.15, 0.2) is 0 Å². The van der Waals surface area contributed by atoms with Gasteiger partial charge >= 0.3 is 0 Å². The Bertz CT molecular complexity index is 448. The summed E-state index contributed by atoms with van der Waals surface area (Å²) >= 11 is 11.8. The predicted molar refractivity (Wildman–Crippen MR) is 79.8 cm³/mol. The van der Waals surface area contributed by atoms with Crippen LogP contribution < -0.4 is 11.1 Å². The molecule has 19 heavy (non-hydrogen) atoms. The number of nitrogens with two attached hydrogens (primary N) is 1. The molecule has 1 saturated carbocycles. The summed E-state index contributed by atoms with van der Waals surface area (Å²) in [7, 11) is 0. The van der Waals surface area contributed by atoms with Crippen molar-refractivity contribution in [1.82, 2.24) is 5.32 Å². The fourth-order valence-corrected chi connectivity index (χ4v) is 2.87. The molecule has 0 unspecified atom stereocenters. The molecule has 5 heteroatoms. The van der Waals surface area contributed by atoms with Gasteiger partial charge in [-0.15, -0.1) is 0 Å². The maximum absolute atomic E-state index is 12.0. The Morgan fingerprint density at radius 2 is 2.00 bits per heavy atom. The van der Waals surface area contributed by atoms with E-state index in [1.54, 1.807) is 12.1 Å². The normalized spacial score (nSPS) is 15.7. The number of benzene rings is 1. The molecule has 0 atom stereocenters. The van der Waals surface area contributed by atoms with Gasteiger partial charge < -0.3 is 11.1 Å². The Morgan fingerprint density at radius 3 is 2.63 bits per heavy atom. The molecule has 104 valence electrons. The molecule has 1 aliphatic rings. The minimum atomic E-state index is -0.150. The number of anilines is 1. The molecule has 2 rings (SSSR count). The van der Waals surface area contributed by atoms with Crippen molar-refractivity contribution in [2.75, 3.05) is 12.3 Å². The fraction of sp³-hybridized carbons (Fsp3) is 0.500. The van der Waals surface area contributed by atoms with Crippen LogP contribution in [0.5, 0.6) is 0 Å². The first-order chi connectivity index (χ1) is 9.08. The van der Waals surface area contributed by atoms with Gasteiger partial charge in [0.05, 0.1) is 15.7 Å². The second-order valence-electron chi connectivity index (χ2n) is 5.06. The highest BCUT2D eigenvalue weighted by atomic mass is 35.5. The van der Waals surface area contributed by atoms with E-state index in [4.69, 9.17) is 28.9 Å².